The Labute approximate surface area is 140 Å². The van der Waals surface area contributed by atoms with E-state index < -0.39 is 6.10 Å². The van der Waals surface area contributed by atoms with Gasteiger partial charge in [-0.05, 0) is 36.2 Å². The number of rotatable bonds is 4. The molecule has 124 valence electrons. The van der Waals surface area contributed by atoms with Crippen molar-refractivity contribution in [3.63, 3.8) is 0 Å². The number of hydrogen-bond donors (Lipinski definition) is 2. The Morgan fingerprint density at radius 3 is 2.75 bits per heavy atom. The first-order valence-corrected chi connectivity index (χ1v) is 7.89. The SMILES string of the molecule is CC(O)CNC(=O)c1ccc2c(c1)CC(c1ccccc1)OC2=O. The summed E-state index contributed by atoms with van der Waals surface area (Å²) in [6, 6.07) is 14.5. The van der Waals surface area contributed by atoms with Gasteiger partial charge in [0.25, 0.3) is 5.91 Å². The Kier molecular flexibility index (Phi) is 4.62. The summed E-state index contributed by atoms with van der Waals surface area (Å²) >= 11 is 0. The average molecular weight is 325 g/mol. The van der Waals surface area contributed by atoms with Gasteiger partial charge in [-0.1, -0.05) is 30.3 Å². The number of amides is 1. The minimum Gasteiger partial charge on any atom is -0.454 e. The molecule has 0 bridgehead atoms. The van der Waals surface area contributed by atoms with E-state index in [2.05, 4.69) is 5.32 Å². The molecule has 1 aliphatic rings. The number of carbonyl (C=O) groups excluding carboxylic acids is 2. The molecular formula is C19H19NO4. The van der Waals surface area contributed by atoms with E-state index >= 15 is 0 Å². The number of ether oxygens (including phenoxy) is 1. The third-order valence-corrected chi connectivity index (χ3v) is 3.97. The van der Waals surface area contributed by atoms with E-state index in [1.165, 1.54) is 0 Å². The lowest BCUT2D eigenvalue weighted by atomic mass is 9.93. The van der Waals surface area contributed by atoms with Crippen LogP contribution in [0.25, 0.3) is 0 Å². The van der Waals surface area contributed by atoms with Crippen molar-refractivity contribution in [3.8, 4) is 0 Å². The smallest absolute Gasteiger partial charge is 0.339 e. The van der Waals surface area contributed by atoms with E-state index in [0.717, 1.165) is 11.1 Å². The molecule has 0 aliphatic carbocycles. The summed E-state index contributed by atoms with van der Waals surface area (Å²) in [5, 5.41) is 11.9. The van der Waals surface area contributed by atoms with Crippen LogP contribution >= 0.6 is 0 Å². The molecule has 0 saturated heterocycles. The van der Waals surface area contributed by atoms with Crippen LogP contribution in [0, 0.1) is 0 Å². The van der Waals surface area contributed by atoms with Crippen molar-refractivity contribution in [1.82, 2.24) is 5.32 Å². The molecule has 0 aromatic heterocycles. The highest BCUT2D eigenvalue weighted by Gasteiger charge is 2.28. The van der Waals surface area contributed by atoms with Gasteiger partial charge >= 0.3 is 5.97 Å². The third-order valence-electron chi connectivity index (χ3n) is 3.97. The number of aliphatic hydroxyl groups is 1. The normalized spacial score (nSPS) is 17.6. The summed E-state index contributed by atoms with van der Waals surface area (Å²) in [5.41, 5.74) is 2.69. The van der Waals surface area contributed by atoms with E-state index in [0.29, 0.717) is 17.5 Å². The minimum absolute atomic E-state index is 0.185. The Morgan fingerprint density at radius 1 is 1.29 bits per heavy atom. The first kappa shape index (κ1) is 16.2. The van der Waals surface area contributed by atoms with Crippen LogP contribution in [0.5, 0.6) is 0 Å². The average Bonchev–Trinajstić information content (AvgIpc) is 2.59. The first-order chi connectivity index (χ1) is 11.5. The van der Waals surface area contributed by atoms with Gasteiger partial charge in [-0.3, -0.25) is 4.79 Å². The van der Waals surface area contributed by atoms with Crippen LogP contribution in [0.4, 0.5) is 0 Å². The second-order valence-electron chi connectivity index (χ2n) is 5.94. The molecule has 0 spiro atoms. The van der Waals surface area contributed by atoms with E-state index in [9.17, 15) is 14.7 Å². The molecule has 0 saturated carbocycles. The van der Waals surface area contributed by atoms with Crippen LogP contribution in [0.3, 0.4) is 0 Å². The molecule has 5 nitrogen and oxygen atoms in total. The van der Waals surface area contributed by atoms with Gasteiger partial charge in [0.1, 0.15) is 6.10 Å². The maximum atomic E-state index is 12.2. The predicted octanol–water partition coefficient (Wildman–Crippen LogP) is 2.25. The van der Waals surface area contributed by atoms with Crippen LogP contribution in [0.2, 0.25) is 0 Å². The van der Waals surface area contributed by atoms with Gasteiger partial charge in [0, 0.05) is 18.5 Å². The molecule has 1 amide bonds. The van der Waals surface area contributed by atoms with Crippen molar-refractivity contribution < 1.29 is 19.4 Å². The van der Waals surface area contributed by atoms with E-state index in [1.807, 2.05) is 30.3 Å². The highest BCUT2D eigenvalue weighted by atomic mass is 16.5. The minimum atomic E-state index is -0.607. The predicted molar refractivity (Wildman–Crippen MR) is 88.8 cm³/mol. The summed E-state index contributed by atoms with van der Waals surface area (Å²) < 4.78 is 5.51. The zero-order valence-corrected chi connectivity index (χ0v) is 13.4. The van der Waals surface area contributed by atoms with Crippen LogP contribution in [0.1, 0.15) is 44.9 Å². The molecule has 1 aliphatic heterocycles. The van der Waals surface area contributed by atoms with E-state index in [1.54, 1.807) is 25.1 Å². The number of fused-ring (bicyclic) bond motifs is 1. The molecule has 0 fully saturated rings. The first-order valence-electron chi connectivity index (χ1n) is 7.89. The van der Waals surface area contributed by atoms with Crippen LogP contribution in [-0.2, 0) is 11.2 Å². The van der Waals surface area contributed by atoms with E-state index in [4.69, 9.17) is 4.74 Å². The Hall–Kier alpha value is -2.66. The van der Waals surface area contributed by atoms with Crippen LogP contribution in [-0.4, -0.2) is 29.6 Å². The molecule has 2 aromatic carbocycles. The summed E-state index contributed by atoms with van der Waals surface area (Å²) in [6.45, 7) is 1.79. The molecule has 5 heteroatoms. The molecular weight excluding hydrogens is 306 g/mol. The van der Waals surface area contributed by atoms with Crippen molar-refractivity contribution in [1.29, 1.82) is 0 Å². The van der Waals surface area contributed by atoms with Crippen molar-refractivity contribution in [2.75, 3.05) is 6.54 Å². The van der Waals surface area contributed by atoms with Crippen molar-refractivity contribution in [2.24, 2.45) is 0 Å². The lowest BCUT2D eigenvalue weighted by Crippen LogP contribution is -2.31. The zero-order valence-electron chi connectivity index (χ0n) is 13.4. The maximum Gasteiger partial charge on any atom is 0.339 e. The molecule has 3 rings (SSSR count). The fraction of sp³-hybridized carbons (Fsp3) is 0.263. The molecule has 1 heterocycles. The maximum absolute atomic E-state index is 12.2. The number of carbonyl (C=O) groups is 2. The summed E-state index contributed by atoms with van der Waals surface area (Å²) in [5.74, 6) is -0.644. The second kappa shape index (κ2) is 6.84. The summed E-state index contributed by atoms with van der Waals surface area (Å²) in [7, 11) is 0. The standard InChI is InChI=1S/C19H19NO4/c1-12(21)11-20-18(22)14-7-8-16-15(9-14)10-17(24-19(16)23)13-5-3-2-4-6-13/h2-9,12,17,21H,10-11H2,1H3,(H,20,22). The number of aliphatic hydroxyl groups excluding tert-OH is 1. The molecule has 2 aromatic rings. The van der Waals surface area contributed by atoms with Gasteiger partial charge in [-0.15, -0.1) is 0 Å². The monoisotopic (exact) mass is 325 g/mol. The van der Waals surface area contributed by atoms with Gasteiger partial charge in [0.2, 0.25) is 0 Å². The zero-order chi connectivity index (χ0) is 17.1. The van der Waals surface area contributed by atoms with Gasteiger partial charge in [-0.25, -0.2) is 4.79 Å². The summed E-state index contributed by atoms with van der Waals surface area (Å²) in [6.07, 6.45) is -0.422. The lowest BCUT2D eigenvalue weighted by molar-refractivity contribution is 0.0252. The van der Waals surface area contributed by atoms with Crippen LogP contribution < -0.4 is 5.32 Å². The fourth-order valence-electron chi connectivity index (χ4n) is 2.73. The van der Waals surface area contributed by atoms with Gasteiger partial charge in [0.15, 0.2) is 0 Å². The third kappa shape index (κ3) is 3.46. The van der Waals surface area contributed by atoms with Crippen molar-refractivity contribution in [3.05, 3.63) is 70.8 Å². The van der Waals surface area contributed by atoms with Gasteiger partial charge in [-0.2, -0.15) is 0 Å². The highest BCUT2D eigenvalue weighted by molar-refractivity contribution is 5.97. The van der Waals surface area contributed by atoms with Crippen LogP contribution in [0.15, 0.2) is 48.5 Å². The van der Waals surface area contributed by atoms with Gasteiger partial charge < -0.3 is 15.2 Å². The fourth-order valence-corrected chi connectivity index (χ4v) is 2.73. The number of hydrogen-bond acceptors (Lipinski definition) is 4. The number of cyclic esters (lactones) is 1. The summed E-state index contributed by atoms with van der Waals surface area (Å²) in [4.78, 5) is 24.3. The Bertz CT molecular complexity index is 755. The number of esters is 1. The lowest BCUT2D eigenvalue weighted by Gasteiger charge is -2.25. The topological polar surface area (TPSA) is 75.6 Å². The molecule has 2 atom stereocenters. The highest BCUT2D eigenvalue weighted by Crippen LogP contribution is 2.30. The Balaban J connectivity index is 1.83. The number of nitrogens with one attached hydrogen (secondary N) is 1. The van der Waals surface area contributed by atoms with E-state index in [-0.39, 0.29) is 24.5 Å². The Morgan fingerprint density at radius 2 is 2.04 bits per heavy atom. The largest absolute Gasteiger partial charge is 0.454 e. The quantitative estimate of drug-likeness (QED) is 0.846. The molecule has 2 N–H and O–H groups in total. The molecule has 2 unspecified atom stereocenters. The van der Waals surface area contributed by atoms with Crippen molar-refractivity contribution in [2.45, 2.75) is 25.6 Å². The number of benzene rings is 2. The van der Waals surface area contributed by atoms with Gasteiger partial charge in [0.05, 0.1) is 11.7 Å². The second-order valence-corrected chi connectivity index (χ2v) is 5.94. The van der Waals surface area contributed by atoms with Crippen molar-refractivity contribution >= 4 is 11.9 Å². The molecule has 24 heavy (non-hydrogen) atoms. The molecule has 0 radical (unpaired) electrons.